The second-order valence-electron chi connectivity index (χ2n) is 4.69. The van der Waals surface area contributed by atoms with E-state index in [1.54, 1.807) is 0 Å². The smallest absolute Gasteiger partial charge is 0.223 e. The molecule has 1 rings (SSSR count). The van der Waals surface area contributed by atoms with Gasteiger partial charge in [-0.2, -0.15) is 0 Å². The van der Waals surface area contributed by atoms with Gasteiger partial charge in [0, 0.05) is 18.2 Å². The zero-order valence-electron chi connectivity index (χ0n) is 11.4. The minimum absolute atomic E-state index is 0.143. The van der Waals surface area contributed by atoms with Crippen molar-refractivity contribution in [2.75, 3.05) is 5.73 Å². The highest BCUT2D eigenvalue weighted by atomic mass is 16.1. The summed E-state index contributed by atoms with van der Waals surface area (Å²) in [7, 11) is 0. The van der Waals surface area contributed by atoms with E-state index in [4.69, 9.17) is 5.73 Å². The molecule has 0 unspecified atom stereocenters. The van der Waals surface area contributed by atoms with Crippen LogP contribution in [0.25, 0.3) is 0 Å². The van der Waals surface area contributed by atoms with E-state index < -0.39 is 0 Å². The van der Waals surface area contributed by atoms with E-state index in [1.165, 1.54) is 0 Å². The number of hydrogen-bond donors (Lipinski definition) is 2. The first-order chi connectivity index (χ1) is 8.69. The van der Waals surface area contributed by atoms with Crippen molar-refractivity contribution in [3.05, 3.63) is 29.8 Å². The Bertz CT molecular complexity index is 371. The van der Waals surface area contributed by atoms with Crippen molar-refractivity contribution in [1.82, 2.24) is 5.32 Å². The quantitative estimate of drug-likeness (QED) is 0.728. The minimum atomic E-state index is 0.143. The van der Waals surface area contributed by atoms with Gasteiger partial charge < -0.3 is 11.1 Å². The summed E-state index contributed by atoms with van der Waals surface area (Å²) in [4.78, 5) is 12.1. The van der Waals surface area contributed by atoms with Gasteiger partial charge in [0.15, 0.2) is 0 Å². The van der Waals surface area contributed by atoms with Gasteiger partial charge >= 0.3 is 0 Å². The van der Waals surface area contributed by atoms with Crippen LogP contribution in [-0.2, 0) is 11.3 Å². The summed E-state index contributed by atoms with van der Waals surface area (Å²) in [5.41, 5.74) is 7.57. The molecule has 0 radical (unpaired) electrons. The molecule has 3 nitrogen and oxygen atoms in total. The molecule has 3 N–H and O–H groups in total. The lowest BCUT2D eigenvalue weighted by Crippen LogP contribution is -2.30. The predicted octanol–water partition coefficient (Wildman–Crippen LogP) is 3.10. The topological polar surface area (TPSA) is 55.1 Å². The number of carbonyl (C=O) groups is 1. The Morgan fingerprint density at radius 2 is 1.83 bits per heavy atom. The SMILES string of the molecule is CCCC(CCC)C(=O)NCc1ccccc1N. The zero-order chi connectivity index (χ0) is 13.4. The van der Waals surface area contributed by atoms with E-state index in [0.717, 1.165) is 36.9 Å². The van der Waals surface area contributed by atoms with Gasteiger partial charge in [-0.1, -0.05) is 44.9 Å². The molecule has 18 heavy (non-hydrogen) atoms. The predicted molar refractivity (Wildman–Crippen MR) is 76.0 cm³/mol. The molecule has 1 aromatic carbocycles. The average molecular weight is 248 g/mol. The van der Waals surface area contributed by atoms with Gasteiger partial charge in [0.05, 0.1) is 0 Å². The fraction of sp³-hybridized carbons (Fsp3) is 0.533. The van der Waals surface area contributed by atoms with Gasteiger partial charge in [-0.3, -0.25) is 4.79 Å². The Labute approximate surface area is 110 Å². The van der Waals surface area contributed by atoms with Gasteiger partial charge in [-0.15, -0.1) is 0 Å². The molecule has 0 aliphatic heterocycles. The molecule has 0 fully saturated rings. The number of hydrogen-bond acceptors (Lipinski definition) is 2. The van der Waals surface area contributed by atoms with E-state index in [1.807, 2.05) is 24.3 Å². The van der Waals surface area contributed by atoms with Crippen LogP contribution in [0.15, 0.2) is 24.3 Å². The van der Waals surface area contributed by atoms with Gasteiger partial charge in [0.1, 0.15) is 0 Å². The maximum Gasteiger partial charge on any atom is 0.223 e. The van der Waals surface area contributed by atoms with Gasteiger partial charge in [0.25, 0.3) is 0 Å². The summed E-state index contributed by atoms with van der Waals surface area (Å²) in [5, 5.41) is 2.99. The zero-order valence-corrected chi connectivity index (χ0v) is 11.4. The highest BCUT2D eigenvalue weighted by Gasteiger charge is 2.16. The Morgan fingerprint density at radius 1 is 1.22 bits per heavy atom. The average Bonchev–Trinajstić information content (AvgIpc) is 2.37. The van der Waals surface area contributed by atoms with Crippen molar-refractivity contribution in [2.24, 2.45) is 5.92 Å². The van der Waals surface area contributed by atoms with Crippen LogP contribution in [0.4, 0.5) is 5.69 Å². The number of carbonyl (C=O) groups excluding carboxylic acids is 1. The number of nitrogens with one attached hydrogen (secondary N) is 1. The van der Waals surface area contributed by atoms with Crippen molar-refractivity contribution in [3.8, 4) is 0 Å². The largest absolute Gasteiger partial charge is 0.398 e. The number of nitrogen functional groups attached to an aromatic ring is 1. The molecule has 1 aromatic rings. The standard InChI is InChI=1S/C15H24N2O/c1-3-7-12(8-4-2)15(18)17-11-13-9-5-6-10-14(13)16/h5-6,9-10,12H,3-4,7-8,11,16H2,1-2H3,(H,17,18). The molecule has 3 heteroatoms. The second-order valence-corrected chi connectivity index (χ2v) is 4.69. The van der Waals surface area contributed by atoms with E-state index in [0.29, 0.717) is 6.54 Å². The molecule has 0 heterocycles. The molecule has 1 amide bonds. The third-order valence-corrected chi connectivity index (χ3v) is 3.15. The Hall–Kier alpha value is -1.51. The summed E-state index contributed by atoms with van der Waals surface area (Å²) in [6.45, 7) is 4.76. The van der Waals surface area contributed by atoms with Crippen LogP contribution in [0.1, 0.15) is 45.1 Å². The maximum atomic E-state index is 12.1. The van der Waals surface area contributed by atoms with Crippen LogP contribution in [0.3, 0.4) is 0 Å². The van der Waals surface area contributed by atoms with Crippen molar-refractivity contribution >= 4 is 11.6 Å². The monoisotopic (exact) mass is 248 g/mol. The van der Waals surface area contributed by atoms with E-state index in [2.05, 4.69) is 19.2 Å². The fourth-order valence-corrected chi connectivity index (χ4v) is 2.13. The number of amides is 1. The molecule has 0 aliphatic carbocycles. The molecular weight excluding hydrogens is 224 g/mol. The van der Waals surface area contributed by atoms with E-state index in [-0.39, 0.29) is 11.8 Å². The molecule has 0 saturated carbocycles. The Balaban J connectivity index is 2.51. The third-order valence-electron chi connectivity index (χ3n) is 3.15. The lowest BCUT2D eigenvalue weighted by molar-refractivity contribution is -0.125. The number of anilines is 1. The number of nitrogens with two attached hydrogens (primary N) is 1. The first-order valence-electron chi connectivity index (χ1n) is 6.80. The summed E-state index contributed by atoms with van der Waals surface area (Å²) in [6.07, 6.45) is 4.02. The van der Waals surface area contributed by atoms with Crippen LogP contribution in [0.5, 0.6) is 0 Å². The van der Waals surface area contributed by atoms with Crippen LogP contribution < -0.4 is 11.1 Å². The van der Waals surface area contributed by atoms with Gasteiger partial charge in [-0.25, -0.2) is 0 Å². The van der Waals surface area contributed by atoms with Crippen molar-refractivity contribution in [3.63, 3.8) is 0 Å². The van der Waals surface area contributed by atoms with Crippen LogP contribution in [0, 0.1) is 5.92 Å². The van der Waals surface area contributed by atoms with Gasteiger partial charge in [0.2, 0.25) is 5.91 Å². The Morgan fingerprint density at radius 3 is 2.39 bits per heavy atom. The summed E-state index contributed by atoms with van der Waals surface area (Å²) >= 11 is 0. The summed E-state index contributed by atoms with van der Waals surface area (Å²) < 4.78 is 0. The highest BCUT2D eigenvalue weighted by Crippen LogP contribution is 2.15. The molecule has 0 saturated heterocycles. The van der Waals surface area contributed by atoms with E-state index in [9.17, 15) is 4.79 Å². The lowest BCUT2D eigenvalue weighted by atomic mass is 9.97. The molecule has 0 spiro atoms. The summed E-state index contributed by atoms with van der Waals surface area (Å²) in [5.74, 6) is 0.298. The first kappa shape index (κ1) is 14.6. The molecular formula is C15H24N2O. The van der Waals surface area contributed by atoms with Gasteiger partial charge in [-0.05, 0) is 24.5 Å². The minimum Gasteiger partial charge on any atom is -0.398 e. The lowest BCUT2D eigenvalue weighted by Gasteiger charge is -2.15. The number of benzene rings is 1. The maximum absolute atomic E-state index is 12.1. The third kappa shape index (κ3) is 4.40. The number of rotatable bonds is 7. The Kier molecular flexibility index (Phi) is 6.26. The van der Waals surface area contributed by atoms with Crippen molar-refractivity contribution in [1.29, 1.82) is 0 Å². The first-order valence-corrected chi connectivity index (χ1v) is 6.80. The molecule has 0 atom stereocenters. The molecule has 0 bridgehead atoms. The second kappa shape index (κ2) is 7.75. The molecule has 0 aromatic heterocycles. The van der Waals surface area contributed by atoms with E-state index >= 15 is 0 Å². The van der Waals surface area contributed by atoms with Crippen LogP contribution >= 0.6 is 0 Å². The fourth-order valence-electron chi connectivity index (χ4n) is 2.13. The molecule has 0 aliphatic rings. The number of para-hydroxylation sites is 1. The summed E-state index contributed by atoms with van der Waals surface area (Å²) in [6, 6.07) is 7.65. The van der Waals surface area contributed by atoms with Crippen molar-refractivity contribution in [2.45, 2.75) is 46.1 Å². The highest BCUT2D eigenvalue weighted by molar-refractivity contribution is 5.78. The van der Waals surface area contributed by atoms with Crippen LogP contribution in [-0.4, -0.2) is 5.91 Å². The normalized spacial score (nSPS) is 10.6. The van der Waals surface area contributed by atoms with Crippen LogP contribution in [0.2, 0.25) is 0 Å². The van der Waals surface area contributed by atoms with Crippen molar-refractivity contribution < 1.29 is 4.79 Å². The molecule has 100 valence electrons.